The molecule has 3 saturated carbocycles. The van der Waals surface area contributed by atoms with Gasteiger partial charge in [0.05, 0.1) is 18.4 Å². The Balaban J connectivity index is 0.000000150. The summed E-state index contributed by atoms with van der Waals surface area (Å²) in [6, 6.07) is 42.7. The molecule has 464 valence electrons. The number of ether oxygens (including phenoxy) is 1. The topological polar surface area (TPSA) is 242 Å². The van der Waals surface area contributed by atoms with Gasteiger partial charge in [-0.05, 0) is 182 Å². The maximum absolute atomic E-state index is 14.7. The number of piperidine rings is 1. The van der Waals surface area contributed by atoms with E-state index in [1.165, 1.54) is 58.0 Å². The second-order valence-corrected chi connectivity index (χ2v) is 24.4. The summed E-state index contributed by atoms with van der Waals surface area (Å²) < 4.78 is 20.6. The van der Waals surface area contributed by atoms with Crippen LogP contribution >= 0.6 is 0 Å². The number of hydrogen-bond acceptors (Lipinski definition) is 12. The molecule has 3 saturated heterocycles. The number of carbonyl (C=O) groups is 5. The van der Waals surface area contributed by atoms with Crippen LogP contribution in [0.3, 0.4) is 0 Å². The minimum Gasteiger partial charge on any atom is -0.487 e. The quantitative estimate of drug-likeness (QED) is 0.0426. The average Bonchev–Trinajstić information content (AvgIpc) is 4.68. The van der Waals surface area contributed by atoms with E-state index in [0.717, 1.165) is 90.1 Å². The third kappa shape index (κ3) is 15.7. The summed E-state index contributed by atoms with van der Waals surface area (Å²) in [5.74, 6) is -0.0778. The first kappa shape index (κ1) is 62.9. The first-order valence-electron chi connectivity index (χ1n) is 31.3. The van der Waals surface area contributed by atoms with Crippen LogP contribution in [0, 0.1) is 23.7 Å². The minimum atomic E-state index is -1.38. The monoisotopic (exact) mass is 1200 g/mol. The predicted molar refractivity (Wildman–Crippen MR) is 346 cm³/mol. The Bertz CT molecular complexity index is 3470. The maximum atomic E-state index is 14.7. The summed E-state index contributed by atoms with van der Waals surface area (Å²) in [5.41, 5.74) is 32.2. The molecule has 6 fully saturated rings. The van der Waals surface area contributed by atoms with Crippen LogP contribution in [-0.4, -0.2) is 116 Å². The number of amides is 5. The average molecular weight is 1200 g/mol. The molecule has 5 atom stereocenters. The number of aliphatic hydroxyl groups excluding tert-OH is 1. The standard InChI is InChI=1S/C27H33FN4O5.C22H27N3O.C21H25N3O/c1-31(2)27(36)21-12-20(21)26(35)30-19-5-3-4-16(11-19)17-6-7-23(18(10-17)13-29)37-24-8-9-32(14-22(24)28)25(34)15-33;1-15-4-3-11-25(15)21-10-9-18(12-19(21)14-23)17-5-2-6-20(13-17)24-22(26)16-7-8-16;22-14-18-12-17(8-9-20(18)24-10-1-2-11-24)16-4-3-5-19(13-16)23-21(25)15-6-7-15/h3-7,10-11,20-22,24,33H,8-9,12-15,29H2,1-2H3,(H,30,35);2,5-6,9-10,12-13,15-16H,3-4,7-8,11,14,23H2,1H3,(H,24,26);3-5,8-9,12-13,15H,1-2,6-7,10-11,14,22H2,(H,23,25)/t20-,21+,22+,24-;15-;/m00./s1. The van der Waals surface area contributed by atoms with Gasteiger partial charge in [-0.3, -0.25) is 24.0 Å². The molecule has 0 unspecified atom stereocenters. The van der Waals surface area contributed by atoms with Crippen molar-refractivity contribution in [2.24, 2.45) is 40.9 Å². The van der Waals surface area contributed by atoms with Gasteiger partial charge < -0.3 is 62.6 Å². The fourth-order valence-corrected chi connectivity index (χ4v) is 12.1. The van der Waals surface area contributed by atoms with E-state index in [-0.39, 0.29) is 60.4 Å². The lowest BCUT2D eigenvalue weighted by molar-refractivity contribution is -0.138. The van der Waals surface area contributed by atoms with Crippen molar-refractivity contribution in [3.63, 3.8) is 0 Å². The van der Waals surface area contributed by atoms with E-state index in [0.29, 0.717) is 55.5 Å². The van der Waals surface area contributed by atoms with Gasteiger partial charge in [0.25, 0.3) is 0 Å². The van der Waals surface area contributed by atoms with Crippen LogP contribution in [0.25, 0.3) is 33.4 Å². The van der Waals surface area contributed by atoms with Crippen LogP contribution in [0.4, 0.5) is 32.8 Å². The fraction of sp³-hybridized carbons (Fsp3) is 0.414. The molecule has 3 aliphatic heterocycles. The molecule has 88 heavy (non-hydrogen) atoms. The second kappa shape index (κ2) is 28.8. The number of alkyl halides is 1. The first-order chi connectivity index (χ1) is 42.6. The molecule has 17 nitrogen and oxygen atoms in total. The Kier molecular flexibility index (Phi) is 20.6. The van der Waals surface area contributed by atoms with Crippen LogP contribution in [0.5, 0.6) is 5.75 Å². The van der Waals surface area contributed by atoms with E-state index in [1.54, 1.807) is 26.2 Å². The largest absolute Gasteiger partial charge is 0.487 e. The van der Waals surface area contributed by atoms with Crippen molar-refractivity contribution in [3.05, 3.63) is 144 Å². The number of nitrogens with two attached hydrogens (primary N) is 3. The van der Waals surface area contributed by atoms with Crippen molar-refractivity contribution in [3.8, 4) is 39.1 Å². The minimum absolute atomic E-state index is 0.0335. The Morgan fingerprint density at radius 3 is 1.53 bits per heavy atom. The smallest absolute Gasteiger partial charge is 0.248 e. The SMILES string of the molecule is CN(C)C(=O)[C@@H]1C[C@@H]1C(=O)Nc1cccc(-c2ccc(O[C@H]3CCN(C(=O)CO)C[C@H]3F)c(CN)c2)c1.C[C@H]1CCCN1c1ccc(-c2cccc(NC(=O)C3CC3)c2)cc1CN.NCc1cc(-c2cccc(NC(=O)C3CC3)c2)ccc1N1CCCC1. The molecular formula is C70H85FN10O7. The van der Waals surface area contributed by atoms with E-state index in [1.807, 2.05) is 66.7 Å². The summed E-state index contributed by atoms with van der Waals surface area (Å²) in [5, 5.41) is 18.0. The highest BCUT2D eigenvalue weighted by Crippen LogP contribution is 2.41. The molecule has 6 aliphatic rings. The molecule has 5 amide bonds. The Morgan fingerprint density at radius 2 is 1.06 bits per heavy atom. The van der Waals surface area contributed by atoms with Crippen molar-refractivity contribution in [1.82, 2.24) is 9.80 Å². The molecule has 18 heteroatoms. The highest BCUT2D eigenvalue weighted by molar-refractivity contribution is 6.00. The number of carbonyl (C=O) groups excluding carboxylic acids is 5. The van der Waals surface area contributed by atoms with Crippen LogP contribution in [0.1, 0.15) is 87.8 Å². The summed E-state index contributed by atoms with van der Waals surface area (Å²) in [7, 11) is 3.37. The number of likely N-dealkylation sites (tertiary alicyclic amines) is 1. The van der Waals surface area contributed by atoms with Crippen LogP contribution in [0.15, 0.2) is 127 Å². The van der Waals surface area contributed by atoms with Crippen LogP contribution in [-0.2, 0) is 43.6 Å². The lowest BCUT2D eigenvalue weighted by atomic mass is 10.0. The van der Waals surface area contributed by atoms with Gasteiger partial charge in [-0.25, -0.2) is 4.39 Å². The molecule has 12 rings (SSSR count). The van der Waals surface area contributed by atoms with E-state index in [2.05, 4.69) is 81.2 Å². The van der Waals surface area contributed by atoms with Gasteiger partial charge in [0, 0.05) is 118 Å². The van der Waals surface area contributed by atoms with Crippen molar-refractivity contribution >= 4 is 58.0 Å². The number of rotatable bonds is 18. The van der Waals surface area contributed by atoms with E-state index >= 15 is 0 Å². The fourth-order valence-electron chi connectivity index (χ4n) is 12.1. The molecule has 10 N–H and O–H groups in total. The molecular weight excluding hydrogens is 1110 g/mol. The van der Waals surface area contributed by atoms with Gasteiger partial charge in [-0.1, -0.05) is 54.6 Å². The molecule has 6 aromatic rings. The summed E-state index contributed by atoms with van der Waals surface area (Å²) in [6.07, 6.45) is 7.84. The third-order valence-electron chi connectivity index (χ3n) is 17.6. The second-order valence-electron chi connectivity index (χ2n) is 24.4. The number of nitrogens with zero attached hydrogens (tertiary/aromatic N) is 4. The molecule has 6 aromatic carbocycles. The van der Waals surface area contributed by atoms with Gasteiger partial charge in [-0.2, -0.15) is 0 Å². The number of halogens is 1. The maximum Gasteiger partial charge on any atom is 0.248 e. The zero-order chi connectivity index (χ0) is 62.0. The number of benzene rings is 6. The van der Waals surface area contributed by atoms with Crippen molar-refractivity contribution in [2.75, 3.05) is 79.2 Å². The number of nitrogens with one attached hydrogen (secondary N) is 3. The number of aliphatic hydroxyl groups is 1. The molecule has 0 radical (unpaired) electrons. The number of anilines is 5. The molecule has 0 aromatic heterocycles. The first-order valence-corrected chi connectivity index (χ1v) is 31.3. The lowest BCUT2D eigenvalue weighted by Gasteiger charge is -2.34. The highest BCUT2D eigenvalue weighted by atomic mass is 19.1. The Morgan fingerprint density at radius 1 is 0.568 bits per heavy atom. The molecule has 0 bridgehead atoms. The highest BCUT2D eigenvalue weighted by Gasteiger charge is 2.48. The van der Waals surface area contributed by atoms with Gasteiger partial charge in [0.1, 0.15) is 18.5 Å². The Hall–Kier alpha value is -8.16. The van der Waals surface area contributed by atoms with Gasteiger partial charge >= 0.3 is 0 Å². The normalized spacial score (nSPS) is 20.2. The third-order valence-corrected chi connectivity index (χ3v) is 17.6. The van der Waals surface area contributed by atoms with E-state index in [9.17, 15) is 28.4 Å². The zero-order valence-electron chi connectivity index (χ0n) is 50.9. The predicted octanol–water partition coefficient (Wildman–Crippen LogP) is 9.70. The lowest BCUT2D eigenvalue weighted by Crippen LogP contribution is -2.50. The van der Waals surface area contributed by atoms with Gasteiger partial charge in [0.2, 0.25) is 29.5 Å². The van der Waals surface area contributed by atoms with E-state index < -0.39 is 24.8 Å². The molecule has 0 spiro atoms. The number of hydrogen-bond donors (Lipinski definition) is 7. The molecule has 3 aliphatic carbocycles. The summed E-state index contributed by atoms with van der Waals surface area (Å²) in [6.45, 7) is 6.43. The van der Waals surface area contributed by atoms with Crippen molar-refractivity contribution in [1.29, 1.82) is 0 Å². The summed E-state index contributed by atoms with van der Waals surface area (Å²) >= 11 is 0. The zero-order valence-corrected chi connectivity index (χ0v) is 50.9. The van der Waals surface area contributed by atoms with Gasteiger partial charge in [-0.15, -0.1) is 0 Å². The summed E-state index contributed by atoms with van der Waals surface area (Å²) in [4.78, 5) is 68.0. The van der Waals surface area contributed by atoms with Crippen LogP contribution < -0.4 is 47.7 Å². The molecule has 3 heterocycles. The Labute approximate surface area is 516 Å². The van der Waals surface area contributed by atoms with Crippen molar-refractivity contribution in [2.45, 2.75) is 109 Å². The van der Waals surface area contributed by atoms with Crippen molar-refractivity contribution < 1.29 is 38.2 Å². The van der Waals surface area contributed by atoms with E-state index in [4.69, 9.17) is 27.0 Å². The van der Waals surface area contributed by atoms with Crippen LogP contribution in [0.2, 0.25) is 0 Å². The van der Waals surface area contributed by atoms with Gasteiger partial charge in [0.15, 0.2) is 6.17 Å².